The van der Waals surface area contributed by atoms with Crippen LogP contribution in [0.5, 0.6) is 5.75 Å². The summed E-state index contributed by atoms with van der Waals surface area (Å²) in [4.78, 5) is 26.1. The maximum absolute atomic E-state index is 13.1. The second-order valence-electron chi connectivity index (χ2n) is 3.98. The number of pyridine rings is 1. The summed E-state index contributed by atoms with van der Waals surface area (Å²) in [6, 6.07) is 4.27. The first-order valence-electron chi connectivity index (χ1n) is 5.57. The van der Waals surface area contributed by atoms with E-state index >= 15 is 0 Å². The lowest BCUT2D eigenvalue weighted by molar-refractivity contribution is 0.0696. The Bertz CT molecular complexity index is 736. The molecule has 1 aromatic heterocycles. The summed E-state index contributed by atoms with van der Waals surface area (Å²) in [7, 11) is 0. The SMILES string of the molecule is O=C(O)c1ccc(NC(=O)c2cc(F)cnc2Cl)c(O)c1. The molecule has 0 saturated carbocycles. The van der Waals surface area contributed by atoms with Crippen LogP contribution in [0.4, 0.5) is 10.1 Å². The van der Waals surface area contributed by atoms with Gasteiger partial charge in [0, 0.05) is 0 Å². The number of carbonyl (C=O) groups excluding carboxylic acids is 1. The Morgan fingerprint density at radius 2 is 2.00 bits per heavy atom. The first-order valence-corrected chi connectivity index (χ1v) is 5.95. The molecule has 21 heavy (non-hydrogen) atoms. The van der Waals surface area contributed by atoms with E-state index in [1.807, 2.05) is 0 Å². The Balaban J connectivity index is 2.27. The summed E-state index contributed by atoms with van der Waals surface area (Å²) in [5.74, 6) is -3.19. The third kappa shape index (κ3) is 3.26. The van der Waals surface area contributed by atoms with Crippen molar-refractivity contribution in [1.82, 2.24) is 4.98 Å². The van der Waals surface area contributed by atoms with Gasteiger partial charge in [-0.15, -0.1) is 0 Å². The number of aromatic nitrogens is 1. The quantitative estimate of drug-likeness (QED) is 0.597. The molecule has 3 N–H and O–H groups in total. The number of hydrogen-bond acceptors (Lipinski definition) is 4. The number of aromatic carboxylic acids is 1. The second-order valence-corrected chi connectivity index (χ2v) is 4.34. The van der Waals surface area contributed by atoms with Crippen molar-refractivity contribution in [1.29, 1.82) is 0 Å². The monoisotopic (exact) mass is 310 g/mol. The first-order chi connectivity index (χ1) is 9.88. The Kier molecular flexibility index (Phi) is 4.04. The van der Waals surface area contributed by atoms with Crippen LogP contribution in [0.3, 0.4) is 0 Å². The number of hydrogen-bond donors (Lipinski definition) is 3. The maximum Gasteiger partial charge on any atom is 0.335 e. The minimum atomic E-state index is -1.22. The number of phenols is 1. The number of halogens is 2. The summed E-state index contributed by atoms with van der Waals surface area (Å²) in [6.07, 6.45) is 0.859. The van der Waals surface area contributed by atoms with Gasteiger partial charge in [-0.3, -0.25) is 4.79 Å². The zero-order valence-corrected chi connectivity index (χ0v) is 11.1. The van der Waals surface area contributed by atoms with Gasteiger partial charge in [0.15, 0.2) is 0 Å². The van der Waals surface area contributed by atoms with Gasteiger partial charge in [0.05, 0.1) is 23.0 Å². The smallest absolute Gasteiger partial charge is 0.335 e. The van der Waals surface area contributed by atoms with E-state index in [0.29, 0.717) is 0 Å². The predicted octanol–water partition coefficient (Wildman–Crippen LogP) is 2.53. The van der Waals surface area contributed by atoms with Crippen LogP contribution in [-0.2, 0) is 0 Å². The number of amides is 1. The fourth-order valence-corrected chi connectivity index (χ4v) is 1.73. The summed E-state index contributed by atoms with van der Waals surface area (Å²) in [6.45, 7) is 0. The minimum absolute atomic E-state index is 0.0367. The third-order valence-corrected chi connectivity index (χ3v) is 2.84. The minimum Gasteiger partial charge on any atom is -0.506 e. The molecule has 0 atom stereocenters. The van der Waals surface area contributed by atoms with Crippen molar-refractivity contribution in [2.45, 2.75) is 0 Å². The van der Waals surface area contributed by atoms with Gasteiger partial charge in [-0.2, -0.15) is 0 Å². The molecular formula is C13H8ClFN2O4. The molecule has 0 aliphatic heterocycles. The fourth-order valence-electron chi connectivity index (χ4n) is 1.54. The molecule has 0 bridgehead atoms. The summed E-state index contributed by atoms with van der Waals surface area (Å²) >= 11 is 5.69. The molecular weight excluding hydrogens is 303 g/mol. The molecule has 1 aromatic carbocycles. The molecule has 1 heterocycles. The number of carboxylic acids is 1. The second kappa shape index (κ2) is 5.76. The fraction of sp³-hybridized carbons (Fsp3) is 0. The number of nitrogens with zero attached hydrogens (tertiary/aromatic N) is 1. The largest absolute Gasteiger partial charge is 0.506 e. The molecule has 0 aliphatic rings. The Morgan fingerprint density at radius 1 is 1.29 bits per heavy atom. The normalized spacial score (nSPS) is 10.2. The number of anilines is 1. The van der Waals surface area contributed by atoms with Gasteiger partial charge in [-0.1, -0.05) is 11.6 Å². The van der Waals surface area contributed by atoms with Gasteiger partial charge >= 0.3 is 5.97 Å². The Hall–Kier alpha value is -2.67. The van der Waals surface area contributed by atoms with Crippen LogP contribution < -0.4 is 5.32 Å². The van der Waals surface area contributed by atoms with Gasteiger partial charge in [0.1, 0.15) is 16.7 Å². The first kappa shape index (κ1) is 14.7. The average molecular weight is 311 g/mol. The van der Waals surface area contributed by atoms with Crippen LogP contribution >= 0.6 is 11.6 Å². The Labute approximate surface area is 122 Å². The van der Waals surface area contributed by atoms with Gasteiger partial charge in [-0.05, 0) is 24.3 Å². The lowest BCUT2D eigenvalue weighted by atomic mass is 10.2. The highest BCUT2D eigenvalue weighted by atomic mass is 35.5. The van der Waals surface area contributed by atoms with Gasteiger partial charge < -0.3 is 15.5 Å². The van der Waals surface area contributed by atoms with Crippen LogP contribution in [0.25, 0.3) is 0 Å². The van der Waals surface area contributed by atoms with E-state index < -0.39 is 23.4 Å². The topological polar surface area (TPSA) is 99.5 Å². The molecule has 108 valence electrons. The van der Waals surface area contributed by atoms with Crippen LogP contribution in [0.2, 0.25) is 5.15 Å². The number of phenolic OH excluding ortho intramolecular Hbond substituents is 1. The molecule has 6 nitrogen and oxygen atoms in total. The van der Waals surface area contributed by atoms with Crippen LogP contribution in [0, 0.1) is 5.82 Å². The van der Waals surface area contributed by atoms with E-state index in [0.717, 1.165) is 18.3 Å². The Morgan fingerprint density at radius 3 is 2.62 bits per heavy atom. The molecule has 2 aromatic rings. The molecule has 8 heteroatoms. The van der Waals surface area contributed by atoms with Crippen molar-refractivity contribution >= 4 is 29.2 Å². The van der Waals surface area contributed by atoms with Crippen molar-refractivity contribution < 1.29 is 24.2 Å². The van der Waals surface area contributed by atoms with Gasteiger partial charge in [0.25, 0.3) is 5.91 Å². The van der Waals surface area contributed by atoms with Gasteiger partial charge in [-0.25, -0.2) is 14.2 Å². The summed E-state index contributed by atoms with van der Waals surface area (Å²) < 4.78 is 13.1. The number of benzene rings is 1. The average Bonchev–Trinajstić information content (AvgIpc) is 2.43. The van der Waals surface area contributed by atoms with Crippen molar-refractivity contribution in [3.05, 3.63) is 52.6 Å². The molecule has 0 unspecified atom stereocenters. The van der Waals surface area contributed by atoms with E-state index in [1.165, 1.54) is 12.1 Å². The molecule has 0 radical (unpaired) electrons. The number of aromatic hydroxyl groups is 1. The van der Waals surface area contributed by atoms with E-state index in [9.17, 15) is 19.1 Å². The van der Waals surface area contributed by atoms with Crippen molar-refractivity contribution in [2.75, 3.05) is 5.32 Å². The zero-order chi connectivity index (χ0) is 15.6. The number of carbonyl (C=O) groups is 2. The van der Waals surface area contributed by atoms with E-state index in [1.54, 1.807) is 0 Å². The van der Waals surface area contributed by atoms with Crippen molar-refractivity contribution in [3.8, 4) is 5.75 Å². The molecule has 0 saturated heterocycles. The zero-order valence-electron chi connectivity index (χ0n) is 10.3. The highest BCUT2D eigenvalue weighted by molar-refractivity contribution is 6.33. The predicted molar refractivity (Wildman–Crippen MR) is 72.2 cm³/mol. The third-order valence-electron chi connectivity index (χ3n) is 2.54. The van der Waals surface area contributed by atoms with Crippen molar-refractivity contribution in [3.63, 3.8) is 0 Å². The summed E-state index contributed by atoms with van der Waals surface area (Å²) in [5.41, 5.74) is -0.389. The molecule has 1 amide bonds. The van der Waals surface area contributed by atoms with E-state index in [4.69, 9.17) is 16.7 Å². The van der Waals surface area contributed by atoms with E-state index in [2.05, 4.69) is 10.3 Å². The highest BCUT2D eigenvalue weighted by Gasteiger charge is 2.15. The van der Waals surface area contributed by atoms with E-state index in [-0.39, 0.29) is 22.0 Å². The number of rotatable bonds is 3. The van der Waals surface area contributed by atoms with Crippen LogP contribution in [-0.4, -0.2) is 27.1 Å². The molecule has 0 fully saturated rings. The van der Waals surface area contributed by atoms with Crippen molar-refractivity contribution in [2.24, 2.45) is 0 Å². The standard InChI is InChI=1S/C13H8ClFN2O4/c14-11-8(4-7(15)5-16-11)12(19)17-9-2-1-6(13(20)21)3-10(9)18/h1-5,18H,(H,17,19)(H,20,21). The van der Waals surface area contributed by atoms with Gasteiger partial charge in [0.2, 0.25) is 0 Å². The molecule has 2 rings (SSSR count). The lowest BCUT2D eigenvalue weighted by Gasteiger charge is -2.08. The van der Waals surface area contributed by atoms with Crippen LogP contribution in [0.15, 0.2) is 30.5 Å². The summed E-state index contributed by atoms with van der Waals surface area (Å²) in [5, 5.41) is 20.5. The number of carboxylic acid groups (broad SMARTS) is 1. The lowest BCUT2D eigenvalue weighted by Crippen LogP contribution is -2.13. The molecule has 0 aliphatic carbocycles. The maximum atomic E-state index is 13.1. The van der Waals surface area contributed by atoms with Crippen LogP contribution in [0.1, 0.15) is 20.7 Å². The number of nitrogens with one attached hydrogen (secondary N) is 1. The highest BCUT2D eigenvalue weighted by Crippen LogP contribution is 2.25. The molecule has 0 spiro atoms.